The molecule has 1 aliphatic carbocycles. The number of hydrogen-bond donors (Lipinski definition) is 1. The molecule has 3 aromatic rings. The Hall–Kier alpha value is -2.91. The number of hydrogen-bond acceptors (Lipinski definition) is 2. The monoisotopic (exact) mass is 347 g/mol. The topological polar surface area (TPSA) is 46.2 Å². The second-order valence-corrected chi connectivity index (χ2v) is 6.32. The number of fused-ring (bicyclic) bond motifs is 3. The van der Waals surface area contributed by atoms with Crippen molar-refractivity contribution in [2.45, 2.75) is 6.54 Å². The Bertz CT molecular complexity index is 1010. The molecular formula is C21H14ClNO2. The van der Waals surface area contributed by atoms with Crippen molar-refractivity contribution in [3.63, 3.8) is 0 Å². The Morgan fingerprint density at radius 2 is 1.52 bits per heavy atom. The van der Waals surface area contributed by atoms with Crippen molar-refractivity contribution in [2.24, 2.45) is 0 Å². The average Bonchev–Trinajstić information content (AvgIpc) is 2.93. The molecule has 1 aliphatic rings. The molecule has 0 saturated heterocycles. The lowest BCUT2D eigenvalue weighted by Crippen LogP contribution is -2.23. The van der Waals surface area contributed by atoms with Gasteiger partial charge in [-0.25, -0.2) is 0 Å². The van der Waals surface area contributed by atoms with Crippen LogP contribution in [0.15, 0.2) is 66.7 Å². The van der Waals surface area contributed by atoms with E-state index in [0.717, 1.165) is 16.7 Å². The third-order valence-electron chi connectivity index (χ3n) is 4.39. The van der Waals surface area contributed by atoms with Crippen molar-refractivity contribution in [2.75, 3.05) is 0 Å². The van der Waals surface area contributed by atoms with Gasteiger partial charge in [-0.3, -0.25) is 9.59 Å². The van der Waals surface area contributed by atoms with Gasteiger partial charge in [0.15, 0.2) is 5.78 Å². The van der Waals surface area contributed by atoms with Crippen LogP contribution < -0.4 is 5.32 Å². The second kappa shape index (κ2) is 6.19. The SMILES string of the molecule is O=C(NCc1ccccc1Cl)c1ccc2c(c1)C(=O)c1ccccc1-2. The standard InChI is InChI=1S/C21H14ClNO2/c22-19-8-4-1-5-14(19)12-23-21(25)13-9-10-16-15-6-2-3-7-17(15)20(24)18(16)11-13/h1-11H,12H2,(H,23,25). The van der Waals surface area contributed by atoms with Gasteiger partial charge in [-0.05, 0) is 34.9 Å². The lowest BCUT2D eigenvalue weighted by Gasteiger charge is -2.08. The first-order valence-electron chi connectivity index (χ1n) is 7.95. The normalized spacial score (nSPS) is 11.8. The van der Waals surface area contributed by atoms with Crippen LogP contribution in [0, 0.1) is 0 Å². The van der Waals surface area contributed by atoms with Crippen LogP contribution in [0.25, 0.3) is 11.1 Å². The number of nitrogens with one attached hydrogen (secondary N) is 1. The van der Waals surface area contributed by atoms with Crippen LogP contribution in [0.1, 0.15) is 31.8 Å². The number of amides is 1. The maximum atomic E-state index is 12.5. The molecule has 1 amide bonds. The fraction of sp³-hybridized carbons (Fsp3) is 0.0476. The number of benzene rings is 3. The van der Waals surface area contributed by atoms with E-state index in [1.165, 1.54) is 0 Å². The molecule has 0 spiro atoms. The largest absolute Gasteiger partial charge is 0.348 e. The van der Waals surface area contributed by atoms with Gasteiger partial charge >= 0.3 is 0 Å². The summed E-state index contributed by atoms with van der Waals surface area (Å²) in [5, 5.41) is 3.46. The van der Waals surface area contributed by atoms with E-state index >= 15 is 0 Å². The molecule has 3 aromatic carbocycles. The summed E-state index contributed by atoms with van der Waals surface area (Å²) in [5.41, 5.74) is 4.38. The predicted octanol–water partition coefficient (Wildman–Crippen LogP) is 4.48. The van der Waals surface area contributed by atoms with E-state index in [1.54, 1.807) is 18.2 Å². The van der Waals surface area contributed by atoms with E-state index in [1.807, 2.05) is 48.5 Å². The Labute approximate surface area is 150 Å². The third-order valence-corrected chi connectivity index (χ3v) is 4.75. The molecule has 0 aliphatic heterocycles. The van der Waals surface area contributed by atoms with E-state index in [0.29, 0.717) is 28.3 Å². The van der Waals surface area contributed by atoms with Crippen molar-refractivity contribution in [1.82, 2.24) is 5.32 Å². The molecule has 3 nitrogen and oxygen atoms in total. The van der Waals surface area contributed by atoms with Crippen molar-refractivity contribution < 1.29 is 9.59 Å². The molecule has 0 saturated carbocycles. The summed E-state index contributed by atoms with van der Waals surface area (Å²) in [4.78, 5) is 25.0. The predicted molar refractivity (Wildman–Crippen MR) is 97.9 cm³/mol. The van der Waals surface area contributed by atoms with E-state index in [9.17, 15) is 9.59 Å². The lowest BCUT2D eigenvalue weighted by atomic mass is 10.0. The van der Waals surface area contributed by atoms with Gasteiger partial charge < -0.3 is 5.32 Å². The van der Waals surface area contributed by atoms with E-state index in [-0.39, 0.29) is 11.7 Å². The van der Waals surface area contributed by atoms with Crippen LogP contribution in [-0.4, -0.2) is 11.7 Å². The first-order chi connectivity index (χ1) is 12.1. The Kier molecular flexibility index (Phi) is 3.86. The smallest absolute Gasteiger partial charge is 0.251 e. The number of halogens is 1. The minimum Gasteiger partial charge on any atom is -0.348 e. The molecule has 25 heavy (non-hydrogen) atoms. The third kappa shape index (κ3) is 2.73. The highest BCUT2D eigenvalue weighted by molar-refractivity contribution is 6.31. The van der Waals surface area contributed by atoms with Gasteiger partial charge in [0.05, 0.1) is 0 Å². The summed E-state index contributed by atoms with van der Waals surface area (Å²) in [6, 6.07) is 20.1. The van der Waals surface area contributed by atoms with E-state index < -0.39 is 0 Å². The Morgan fingerprint density at radius 3 is 2.32 bits per heavy atom. The molecule has 0 fully saturated rings. The van der Waals surface area contributed by atoms with Crippen molar-refractivity contribution in [3.05, 3.63) is 94.0 Å². The Morgan fingerprint density at radius 1 is 0.840 bits per heavy atom. The van der Waals surface area contributed by atoms with Crippen LogP contribution in [-0.2, 0) is 6.54 Å². The molecule has 0 atom stereocenters. The van der Waals surface area contributed by atoms with Gasteiger partial charge in [0.1, 0.15) is 0 Å². The minimum atomic E-state index is -0.230. The quantitative estimate of drug-likeness (QED) is 0.594. The van der Waals surface area contributed by atoms with Crippen LogP contribution in [0.4, 0.5) is 0 Å². The fourth-order valence-electron chi connectivity index (χ4n) is 3.09. The highest BCUT2D eigenvalue weighted by Gasteiger charge is 2.26. The van der Waals surface area contributed by atoms with Gasteiger partial charge in [0.2, 0.25) is 0 Å². The molecule has 0 bridgehead atoms. The molecule has 4 rings (SSSR count). The molecule has 0 heterocycles. The summed E-state index contributed by atoms with van der Waals surface area (Å²) in [6.45, 7) is 0.337. The summed E-state index contributed by atoms with van der Waals surface area (Å²) in [6.07, 6.45) is 0. The van der Waals surface area contributed by atoms with Crippen LogP contribution in [0.5, 0.6) is 0 Å². The molecule has 4 heteroatoms. The van der Waals surface area contributed by atoms with Crippen LogP contribution in [0.3, 0.4) is 0 Å². The van der Waals surface area contributed by atoms with Crippen molar-refractivity contribution >= 4 is 23.3 Å². The van der Waals surface area contributed by atoms with Gasteiger partial charge in [0.25, 0.3) is 5.91 Å². The number of carbonyl (C=O) groups is 2. The maximum Gasteiger partial charge on any atom is 0.251 e. The lowest BCUT2D eigenvalue weighted by molar-refractivity contribution is 0.0951. The average molecular weight is 348 g/mol. The molecule has 1 N–H and O–H groups in total. The van der Waals surface area contributed by atoms with E-state index in [2.05, 4.69) is 5.32 Å². The van der Waals surface area contributed by atoms with Crippen LogP contribution >= 0.6 is 11.6 Å². The van der Waals surface area contributed by atoms with Crippen molar-refractivity contribution in [1.29, 1.82) is 0 Å². The second-order valence-electron chi connectivity index (χ2n) is 5.91. The summed E-state index contributed by atoms with van der Waals surface area (Å²) in [5.74, 6) is -0.266. The molecule has 122 valence electrons. The zero-order valence-corrected chi connectivity index (χ0v) is 14.0. The summed E-state index contributed by atoms with van der Waals surface area (Å²) in [7, 11) is 0. The van der Waals surface area contributed by atoms with Gasteiger partial charge in [0, 0.05) is 28.3 Å². The number of ketones is 1. The number of rotatable bonds is 3. The van der Waals surface area contributed by atoms with Crippen molar-refractivity contribution in [3.8, 4) is 11.1 Å². The maximum absolute atomic E-state index is 12.5. The molecule has 0 radical (unpaired) electrons. The van der Waals surface area contributed by atoms with Gasteiger partial charge in [-0.2, -0.15) is 0 Å². The summed E-state index contributed by atoms with van der Waals surface area (Å²) < 4.78 is 0. The van der Waals surface area contributed by atoms with E-state index in [4.69, 9.17) is 11.6 Å². The fourth-order valence-corrected chi connectivity index (χ4v) is 3.29. The minimum absolute atomic E-state index is 0.0358. The van der Waals surface area contributed by atoms with Gasteiger partial charge in [-0.1, -0.05) is 60.1 Å². The first-order valence-corrected chi connectivity index (χ1v) is 8.33. The van der Waals surface area contributed by atoms with Crippen LogP contribution in [0.2, 0.25) is 5.02 Å². The zero-order chi connectivity index (χ0) is 17.4. The molecular weight excluding hydrogens is 334 g/mol. The zero-order valence-electron chi connectivity index (χ0n) is 13.3. The molecule has 0 unspecified atom stereocenters. The summed E-state index contributed by atoms with van der Waals surface area (Å²) >= 11 is 6.11. The first kappa shape index (κ1) is 15.6. The Balaban J connectivity index is 1.58. The van der Waals surface area contributed by atoms with Gasteiger partial charge in [-0.15, -0.1) is 0 Å². The highest BCUT2D eigenvalue weighted by Crippen LogP contribution is 2.36. The molecule has 0 aromatic heterocycles. The number of carbonyl (C=O) groups excluding carboxylic acids is 2. The highest BCUT2D eigenvalue weighted by atomic mass is 35.5.